The van der Waals surface area contributed by atoms with E-state index in [1.54, 1.807) is 41.5 Å². The van der Waals surface area contributed by atoms with Gasteiger partial charge in [0.05, 0.1) is 13.2 Å². The maximum Gasteiger partial charge on any atom is 0.254 e. The first kappa shape index (κ1) is 27.7. The molecule has 0 N–H and O–H groups in total. The molecule has 2 amide bonds. The first-order valence-corrected chi connectivity index (χ1v) is 14.2. The van der Waals surface area contributed by atoms with Gasteiger partial charge in [0.2, 0.25) is 5.91 Å². The van der Waals surface area contributed by atoms with Crippen LogP contribution in [0.2, 0.25) is 0 Å². The molecule has 202 valence electrons. The molecule has 0 spiro atoms. The summed E-state index contributed by atoms with van der Waals surface area (Å²) in [7, 11) is 1.58. The Morgan fingerprint density at radius 1 is 1.16 bits per heavy atom. The predicted molar refractivity (Wildman–Crippen MR) is 152 cm³/mol. The second-order valence-corrected chi connectivity index (χ2v) is 11.2. The number of benzene rings is 2. The third-order valence-electron chi connectivity index (χ3n) is 7.30. The van der Waals surface area contributed by atoms with Gasteiger partial charge < -0.3 is 19.3 Å². The van der Waals surface area contributed by atoms with E-state index in [1.807, 2.05) is 30.0 Å². The average Bonchev–Trinajstić information content (AvgIpc) is 3.41. The minimum atomic E-state index is -0.199. The van der Waals surface area contributed by atoms with Gasteiger partial charge in [0.1, 0.15) is 24.7 Å². The summed E-state index contributed by atoms with van der Waals surface area (Å²) >= 11 is 1.73. The second kappa shape index (κ2) is 12.5. The van der Waals surface area contributed by atoms with E-state index in [2.05, 4.69) is 38.3 Å². The molecule has 6 nitrogen and oxygen atoms in total. The number of rotatable bonds is 10. The number of carbonyl (C=O) groups is 2. The molecular formula is C31H38N2O4S. The van der Waals surface area contributed by atoms with Crippen LogP contribution in [0.1, 0.15) is 58.2 Å². The smallest absolute Gasteiger partial charge is 0.254 e. The minimum absolute atomic E-state index is 0.0277. The number of thiophene rings is 1. The number of nitrogens with zero attached hydrogens (tertiary/aromatic N) is 2. The van der Waals surface area contributed by atoms with Gasteiger partial charge in [-0.15, -0.1) is 11.3 Å². The highest BCUT2D eigenvalue weighted by atomic mass is 32.1. The maximum atomic E-state index is 13.9. The van der Waals surface area contributed by atoms with E-state index < -0.39 is 0 Å². The minimum Gasteiger partial charge on any atom is -0.497 e. The monoisotopic (exact) mass is 534 g/mol. The summed E-state index contributed by atoms with van der Waals surface area (Å²) in [6.07, 6.45) is 1.73. The van der Waals surface area contributed by atoms with Crippen molar-refractivity contribution in [2.45, 2.75) is 46.6 Å². The Balaban J connectivity index is 1.56. The molecule has 1 aromatic heterocycles. The first-order valence-electron chi connectivity index (χ1n) is 13.3. The SMILES string of the molecule is CC[C@H](C)CN(CC(=O)N1CCc2sccc2[C@H]1COc1ccc(C)cc1C)C(=O)c1cccc(OC)c1. The van der Waals surface area contributed by atoms with Crippen LogP contribution in [0.25, 0.3) is 0 Å². The van der Waals surface area contributed by atoms with E-state index in [9.17, 15) is 9.59 Å². The summed E-state index contributed by atoms with van der Waals surface area (Å²) in [4.78, 5) is 32.3. The molecule has 1 aliphatic heterocycles. The number of hydrogen-bond donors (Lipinski definition) is 0. The highest BCUT2D eigenvalue weighted by Crippen LogP contribution is 2.34. The topological polar surface area (TPSA) is 59.1 Å². The van der Waals surface area contributed by atoms with Crippen molar-refractivity contribution in [2.24, 2.45) is 5.92 Å². The first-order chi connectivity index (χ1) is 18.3. The Kier molecular flexibility index (Phi) is 9.10. The van der Waals surface area contributed by atoms with E-state index in [-0.39, 0.29) is 30.3 Å². The molecule has 0 aliphatic carbocycles. The quantitative estimate of drug-likeness (QED) is 0.317. The van der Waals surface area contributed by atoms with Crippen molar-refractivity contribution >= 4 is 23.2 Å². The molecule has 0 unspecified atom stereocenters. The van der Waals surface area contributed by atoms with Gasteiger partial charge in [-0.05, 0) is 73.0 Å². The lowest BCUT2D eigenvalue weighted by atomic mass is 10.00. The Hall–Kier alpha value is -3.32. The van der Waals surface area contributed by atoms with Crippen LogP contribution in [0.4, 0.5) is 0 Å². The summed E-state index contributed by atoms with van der Waals surface area (Å²) in [5.41, 5.74) is 3.93. The largest absolute Gasteiger partial charge is 0.497 e. The molecule has 2 heterocycles. The lowest BCUT2D eigenvalue weighted by molar-refractivity contribution is -0.135. The molecule has 0 radical (unpaired) electrons. The van der Waals surface area contributed by atoms with Crippen molar-refractivity contribution in [1.82, 2.24) is 9.80 Å². The third kappa shape index (κ3) is 6.38. The van der Waals surface area contributed by atoms with Crippen molar-refractivity contribution in [1.29, 1.82) is 0 Å². The zero-order chi connectivity index (χ0) is 27.2. The normalized spacial score (nSPS) is 15.5. The van der Waals surface area contributed by atoms with Crippen molar-refractivity contribution in [3.8, 4) is 11.5 Å². The Morgan fingerprint density at radius 2 is 1.97 bits per heavy atom. The van der Waals surface area contributed by atoms with Gasteiger partial charge in [-0.1, -0.05) is 44.0 Å². The van der Waals surface area contributed by atoms with Crippen LogP contribution in [-0.2, 0) is 11.2 Å². The van der Waals surface area contributed by atoms with Crippen molar-refractivity contribution < 1.29 is 19.1 Å². The standard InChI is InChI=1S/C31H38N2O4S/c1-6-21(2)18-32(31(35)24-8-7-9-25(17-24)36-5)19-30(34)33-14-12-29-26(13-15-38-29)27(33)20-37-28-11-10-22(3)16-23(28)4/h7-11,13,15-17,21,27H,6,12,14,18-20H2,1-5H3/t21-,27+/m0/s1. The van der Waals surface area contributed by atoms with Gasteiger partial charge in [-0.25, -0.2) is 0 Å². The molecule has 0 saturated carbocycles. The average molecular weight is 535 g/mol. The molecule has 0 fully saturated rings. The van der Waals surface area contributed by atoms with Gasteiger partial charge >= 0.3 is 0 Å². The van der Waals surface area contributed by atoms with E-state index in [0.29, 0.717) is 31.0 Å². The fourth-order valence-corrected chi connectivity index (χ4v) is 5.85. The summed E-state index contributed by atoms with van der Waals surface area (Å²) in [5, 5.41) is 2.09. The predicted octanol–water partition coefficient (Wildman–Crippen LogP) is 6.07. The number of amides is 2. The molecule has 38 heavy (non-hydrogen) atoms. The van der Waals surface area contributed by atoms with Crippen molar-refractivity contribution in [3.05, 3.63) is 81.0 Å². The molecule has 2 aromatic carbocycles. The number of ether oxygens (including phenoxy) is 2. The lowest BCUT2D eigenvalue weighted by Gasteiger charge is -2.37. The van der Waals surface area contributed by atoms with E-state index in [1.165, 1.54) is 10.4 Å². The molecule has 7 heteroatoms. The summed E-state index contributed by atoms with van der Waals surface area (Å²) in [6.45, 7) is 9.83. The number of aryl methyl sites for hydroxylation is 2. The van der Waals surface area contributed by atoms with E-state index >= 15 is 0 Å². The van der Waals surface area contributed by atoms with Crippen LogP contribution in [0.3, 0.4) is 0 Å². The second-order valence-electron chi connectivity index (χ2n) is 10.2. The van der Waals surface area contributed by atoms with Gasteiger partial charge in [0.25, 0.3) is 5.91 Å². The Labute approximate surface area is 230 Å². The Morgan fingerprint density at radius 3 is 2.71 bits per heavy atom. The van der Waals surface area contributed by atoms with Crippen molar-refractivity contribution in [2.75, 3.05) is 33.4 Å². The molecule has 0 saturated heterocycles. The zero-order valence-electron chi connectivity index (χ0n) is 23.0. The van der Waals surface area contributed by atoms with E-state index in [4.69, 9.17) is 9.47 Å². The molecule has 2 atom stereocenters. The van der Waals surface area contributed by atoms with Gasteiger partial charge in [-0.3, -0.25) is 9.59 Å². The number of hydrogen-bond acceptors (Lipinski definition) is 5. The molecule has 3 aromatic rings. The van der Waals surface area contributed by atoms with Crippen LogP contribution in [0, 0.1) is 19.8 Å². The molecule has 4 rings (SSSR count). The third-order valence-corrected chi connectivity index (χ3v) is 8.30. The molecule has 0 bridgehead atoms. The summed E-state index contributed by atoms with van der Waals surface area (Å²) in [5.74, 6) is 1.50. The van der Waals surface area contributed by atoms with Crippen LogP contribution < -0.4 is 9.47 Å². The van der Waals surface area contributed by atoms with Crippen LogP contribution >= 0.6 is 11.3 Å². The van der Waals surface area contributed by atoms with Gasteiger partial charge in [-0.2, -0.15) is 0 Å². The fraction of sp³-hybridized carbons (Fsp3) is 0.419. The van der Waals surface area contributed by atoms with Crippen LogP contribution in [0.5, 0.6) is 11.5 Å². The van der Waals surface area contributed by atoms with Crippen LogP contribution in [0.15, 0.2) is 53.9 Å². The fourth-order valence-electron chi connectivity index (χ4n) is 4.92. The van der Waals surface area contributed by atoms with Gasteiger partial charge in [0.15, 0.2) is 0 Å². The number of carbonyl (C=O) groups excluding carboxylic acids is 2. The highest BCUT2D eigenvalue weighted by molar-refractivity contribution is 7.10. The van der Waals surface area contributed by atoms with Crippen molar-refractivity contribution in [3.63, 3.8) is 0 Å². The summed E-state index contributed by atoms with van der Waals surface area (Å²) < 4.78 is 11.6. The number of methoxy groups -OCH3 is 1. The Bertz CT molecular complexity index is 1270. The molecule has 1 aliphatic rings. The van der Waals surface area contributed by atoms with E-state index in [0.717, 1.165) is 29.7 Å². The number of fused-ring (bicyclic) bond motifs is 1. The highest BCUT2D eigenvalue weighted by Gasteiger charge is 2.34. The maximum absolute atomic E-state index is 13.9. The van der Waals surface area contributed by atoms with Gasteiger partial charge in [0, 0.05) is 23.5 Å². The molecular weight excluding hydrogens is 496 g/mol. The summed E-state index contributed by atoms with van der Waals surface area (Å²) in [6, 6.07) is 15.2. The van der Waals surface area contributed by atoms with Crippen LogP contribution in [-0.4, -0.2) is 55.0 Å². The lowest BCUT2D eigenvalue weighted by Crippen LogP contribution is -2.48. The zero-order valence-corrected chi connectivity index (χ0v) is 23.8.